The Morgan fingerprint density at radius 1 is 1.19 bits per heavy atom. The van der Waals surface area contributed by atoms with E-state index < -0.39 is 0 Å². The second-order valence-electron chi connectivity index (χ2n) is 7.49. The first-order valence-corrected chi connectivity index (χ1v) is 9.52. The predicted octanol–water partition coefficient (Wildman–Crippen LogP) is 4.55. The minimum absolute atomic E-state index is 0.524. The maximum atomic E-state index is 3.66. The highest BCUT2D eigenvalue weighted by atomic mass is 15.1. The molecule has 126 valence electrons. The Bertz CT molecular complexity index is 262. The second-order valence-corrected chi connectivity index (χ2v) is 7.49. The van der Waals surface area contributed by atoms with Crippen molar-refractivity contribution in [1.82, 2.24) is 10.2 Å². The zero-order valence-electron chi connectivity index (χ0n) is 15.4. The summed E-state index contributed by atoms with van der Waals surface area (Å²) < 4.78 is 0. The molecule has 2 atom stereocenters. The van der Waals surface area contributed by atoms with E-state index in [9.17, 15) is 0 Å². The molecule has 0 saturated heterocycles. The van der Waals surface area contributed by atoms with E-state index >= 15 is 0 Å². The first-order valence-electron chi connectivity index (χ1n) is 9.52. The van der Waals surface area contributed by atoms with E-state index in [1.807, 2.05) is 0 Å². The van der Waals surface area contributed by atoms with Crippen molar-refractivity contribution in [2.45, 2.75) is 73.1 Å². The minimum Gasteiger partial charge on any atom is -0.316 e. The Morgan fingerprint density at radius 2 is 1.90 bits per heavy atom. The molecule has 1 aliphatic rings. The molecule has 1 rings (SSSR count). The number of nitrogens with one attached hydrogen (secondary N) is 1. The quantitative estimate of drug-likeness (QED) is 0.636. The molecule has 2 heteroatoms. The molecule has 2 unspecified atom stereocenters. The van der Waals surface area contributed by atoms with Crippen LogP contribution in [-0.2, 0) is 0 Å². The number of rotatable bonds is 10. The van der Waals surface area contributed by atoms with Gasteiger partial charge in [-0.1, -0.05) is 60.3 Å². The standard InChI is InChI=1S/C19H40N2/c1-6-18(7-2)14-21(9-4)16-19(15-20-8-3)12-10-11-17(5)13-19/h17-18,20H,6-16H2,1-5H3. The summed E-state index contributed by atoms with van der Waals surface area (Å²) in [6, 6.07) is 0. The second kappa shape index (κ2) is 9.84. The van der Waals surface area contributed by atoms with Crippen molar-refractivity contribution in [1.29, 1.82) is 0 Å². The van der Waals surface area contributed by atoms with E-state index in [0.29, 0.717) is 5.41 Å². The van der Waals surface area contributed by atoms with Crippen LogP contribution in [0.2, 0.25) is 0 Å². The predicted molar refractivity (Wildman–Crippen MR) is 94.8 cm³/mol. The molecule has 2 nitrogen and oxygen atoms in total. The van der Waals surface area contributed by atoms with Crippen LogP contribution in [0, 0.1) is 17.3 Å². The van der Waals surface area contributed by atoms with Crippen molar-refractivity contribution < 1.29 is 0 Å². The Morgan fingerprint density at radius 3 is 2.43 bits per heavy atom. The van der Waals surface area contributed by atoms with Gasteiger partial charge in [0.05, 0.1) is 0 Å². The first-order chi connectivity index (χ1) is 10.1. The summed E-state index contributed by atoms with van der Waals surface area (Å²) in [7, 11) is 0. The summed E-state index contributed by atoms with van der Waals surface area (Å²) in [6.45, 7) is 17.9. The van der Waals surface area contributed by atoms with Crippen LogP contribution in [0.5, 0.6) is 0 Å². The van der Waals surface area contributed by atoms with E-state index in [0.717, 1.165) is 18.4 Å². The fraction of sp³-hybridized carbons (Fsp3) is 1.00. The highest BCUT2D eigenvalue weighted by molar-refractivity contribution is 4.90. The van der Waals surface area contributed by atoms with Gasteiger partial charge >= 0.3 is 0 Å². The molecule has 1 saturated carbocycles. The largest absolute Gasteiger partial charge is 0.316 e. The normalized spacial score (nSPS) is 26.7. The molecule has 0 amide bonds. The molecule has 1 N–H and O–H groups in total. The van der Waals surface area contributed by atoms with Gasteiger partial charge in [-0.25, -0.2) is 0 Å². The van der Waals surface area contributed by atoms with E-state index in [1.165, 1.54) is 64.7 Å². The fourth-order valence-electron chi connectivity index (χ4n) is 4.21. The van der Waals surface area contributed by atoms with E-state index in [2.05, 4.69) is 44.8 Å². The van der Waals surface area contributed by atoms with Gasteiger partial charge in [-0.05, 0) is 43.2 Å². The number of nitrogens with zero attached hydrogens (tertiary/aromatic N) is 1. The van der Waals surface area contributed by atoms with Gasteiger partial charge in [0.1, 0.15) is 0 Å². The molecule has 21 heavy (non-hydrogen) atoms. The lowest BCUT2D eigenvalue weighted by Gasteiger charge is -2.44. The summed E-state index contributed by atoms with van der Waals surface area (Å²) in [5.41, 5.74) is 0.524. The molecule has 0 radical (unpaired) electrons. The zero-order valence-corrected chi connectivity index (χ0v) is 15.4. The molecule has 0 aromatic carbocycles. The molecule has 1 aliphatic carbocycles. The molecule has 0 bridgehead atoms. The average molecular weight is 297 g/mol. The van der Waals surface area contributed by atoms with Gasteiger partial charge in [0.2, 0.25) is 0 Å². The fourth-order valence-corrected chi connectivity index (χ4v) is 4.21. The minimum atomic E-state index is 0.524. The van der Waals surface area contributed by atoms with Crippen LogP contribution in [0.3, 0.4) is 0 Å². The van der Waals surface area contributed by atoms with E-state index in [-0.39, 0.29) is 0 Å². The number of hydrogen-bond donors (Lipinski definition) is 1. The Labute approximate surface area is 134 Å². The van der Waals surface area contributed by atoms with Crippen LogP contribution in [0.15, 0.2) is 0 Å². The third-order valence-electron chi connectivity index (χ3n) is 5.61. The smallest absolute Gasteiger partial charge is 0.00502 e. The maximum absolute atomic E-state index is 3.66. The Hall–Kier alpha value is -0.0800. The SMILES string of the molecule is CCNCC1(CN(CC)CC(CC)CC)CCCC(C)C1. The Balaban J connectivity index is 2.68. The van der Waals surface area contributed by atoms with Gasteiger partial charge in [-0.2, -0.15) is 0 Å². The van der Waals surface area contributed by atoms with Crippen LogP contribution < -0.4 is 5.32 Å². The molecular weight excluding hydrogens is 256 g/mol. The lowest BCUT2D eigenvalue weighted by molar-refractivity contribution is 0.0740. The summed E-state index contributed by atoms with van der Waals surface area (Å²) in [4.78, 5) is 2.74. The molecule has 0 heterocycles. The molecular formula is C19H40N2. The first kappa shape index (κ1) is 19.0. The summed E-state index contributed by atoms with van der Waals surface area (Å²) >= 11 is 0. The molecule has 0 aliphatic heterocycles. The van der Waals surface area contributed by atoms with Crippen molar-refractivity contribution in [2.24, 2.45) is 17.3 Å². The van der Waals surface area contributed by atoms with Crippen LogP contribution in [0.25, 0.3) is 0 Å². The zero-order chi connectivity index (χ0) is 15.7. The monoisotopic (exact) mass is 296 g/mol. The van der Waals surface area contributed by atoms with Crippen LogP contribution in [-0.4, -0.2) is 37.6 Å². The summed E-state index contributed by atoms with van der Waals surface area (Å²) in [5, 5.41) is 3.66. The molecule has 0 aromatic heterocycles. The van der Waals surface area contributed by atoms with Gasteiger partial charge in [0, 0.05) is 19.6 Å². The Kier molecular flexibility index (Phi) is 8.89. The van der Waals surface area contributed by atoms with Gasteiger partial charge in [-0.15, -0.1) is 0 Å². The van der Waals surface area contributed by atoms with Gasteiger partial charge < -0.3 is 10.2 Å². The van der Waals surface area contributed by atoms with Gasteiger partial charge in [0.25, 0.3) is 0 Å². The van der Waals surface area contributed by atoms with Crippen LogP contribution in [0.1, 0.15) is 73.1 Å². The summed E-state index contributed by atoms with van der Waals surface area (Å²) in [6.07, 6.45) is 8.35. The van der Waals surface area contributed by atoms with Crippen molar-refractivity contribution in [3.8, 4) is 0 Å². The maximum Gasteiger partial charge on any atom is 0.00502 e. The van der Waals surface area contributed by atoms with Crippen LogP contribution >= 0.6 is 0 Å². The third kappa shape index (κ3) is 6.28. The third-order valence-corrected chi connectivity index (χ3v) is 5.61. The van der Waals surface area contributed by atoms with Crippen molar-refractivity contribution in [2.75, 3.05) is 32.7 Å². The topological polar surface area (TPSA) is 15.3 Å². The van der Waals surface area contributed by atoms with Gasteiger partial charge in [0.15, 0.2) is 0 Å². The van der Waals surface area contributed by atoms with Crippen LogP contribution in [0.4, 0.5) is 0 Å². The lowest BCUT2D eigenvalue weighted by Crippen LogP contribution is -2.47. The van der Waals surface area contributed by atoms with Crippen molar-refractivity contribution in [3.63, 3.8) is 0 Å². The van der Waals surface area contributed by atoms with E-state index in [1.54, 1.807) is 0 Å². The molecule has 1 fully saturated rings. The highest BCUT2D eigenvalue weighted by Gasteiger charge is 2.36. The van der Waals surface area contributed by atoms with E-state index in [4.69, 9.17) is 0 Å². The molecule has 0 spiro atoms. The van der Waals surface area contributed by atoms with Gasteiger partial charge in [-0.3, -0.25) is 0 Å². The lowest BCUT2D eigenvalue weighted by atomic mass is 9.69. The number of hydrogen-bond acceptors (Lipinski definition) is 2. The van der Waals surface area contributed by atoms with Crippen molar-refractivity contribution >= 4 is 0 Å². The summed E-state index contributed by atoms with van der Waals surface area (Å²) in [5.74, 6) is 1.78. The highest BCUT2D eigenvalue weighted by Crippen LogP contribution is 2.39. The molecule has 0 aromatic rings. The average Bonchev–Trinajstić information content (AvgIpc) is 2.49. The van der Waals surface area contributed by atoms with Crippen molar-refractivity contribution in [3.05, 3.63) is 0 Å².